The van der Waals surface area contributed by atoms with Gasteiger partial charge in [0, 0.05) is 23.3 Å². The van der Waals surface area contributed by atoms with E-state index >= 15 is 0 Å². The summed E-state index contributed by atoms with van der Waals surface area (Å²) in [5, 5.41) is 23.3. The van der Waals surface area contributed by atoms with Crippen molar-refractivity contribution in [2.75, 3.05) is 23.8 Å². The molecular weight excluding hydrogens is 465 g/mol. The second kappa shape index (κ2) is 9.58. The molecule has 5 rings (SSSR count). The predicted molar refractivity (Wildman–Crippen MR) is 133 cm³/mol. The van der Waals surface area contributed by atoms with Crippen LogP contribution in [0.4, 0.5) is 21.8 Å². The quantitative estimate of drug-likeness (QED) is 0.450. The lowest BCUT2D eigenvalue weighted by Gasteiger charge is -2.47. The van der Waals surface area contributed by atoms with Crippen LogP contribution < -0.4 is 16.3 Å². The molecule has 2 saturated heterocycles. The van der Waals surface area contributed by atoms with Crippen LogP contribution in [0.5, 0.6) is 0 Å². The Balaban J connectivity index is 1.35. The van der Waals surface area contributed by atoms with Gasteiger partial charge in [-0.3, -0.25) is 4.90 Å². The van der Waals surface area contributed by atoms with Gasteiger partial charge in [0.25, 0.3) is 0 Å². The number of fused-ring (bicyclic) bond motifs is 1. The van der Waals surface area contributed by atoms with E-state index < -0.39 is 11.5 Å². The lowest BCUT2D eigenvalue weighted by Crippen LogP contribution is -2.55. The minimum atomic E-state index is -0.496. The number of anilines is 3. The topological polar surface area (TPSA) is 126 Å². The number of aliphatic hydroxyl groups is 1. The summed E-state index contributed by atoms with van der Waals surface area (Å²) in [4.78, 5) is 23.7. The van der Waals surface area contributed by atoms with Crippen molar-refractivity contribution in [2.24, 2.45) is 0 Å². The maximum atomic E-state index is 14.7. The molecule has 0 radical (unpaired) electrons. The zero-order valence-corrected chi connectivity index (χ0v) is 20.8. The van der Waals surface area contributed by atoms with Gasteiger partial charge in [-0.05, 0) is 81.1 Å². The minimum Gasteiger partial charge on any atom is -0.394 e. The fraction of sp³-hybridized carbons (Fsp3) is 0.542. The van der Waals surface area contributed by atoms with Crippen LogP contribution in [0.1, 0.15) is 45.1 Å². The number of aryl methyl sites for hydroxylation is 1. The minimum absolute atomic E-state index is 0.0527. The van der Waals surface area contributed by atoms with Crippen LogP contribution in [0.25, 0.3) is 5.69 Å². The fourth-order valence-electron chi connectivity index (χ4n) is 5.55. The van der Waals surface area contributed by atoms with Crippen molar-refractivity contribution in [3.63, 3.8) is 0 Å². The molecule has 192 valence electrons. The third-order valence-corrected chi connectivity index (χ3v) is 7.19. The molecule has 3 aromatic rings. The highest BCUT2D eigenvalue weighted by atomic mass is 19.1. The molecule has 2 aromatic heterocycles. The zero-order chi connectivity index (χ0) is 25.4. The molecule has 0 amide bonds. The van der Waals surface area contributed by atoms with E-state index in [0.29, 0.717) is 17.4 Å². The largest absolute Gasteiger partial charge is 0.394 e. The van der Waals surface area contributed by atoms with Crippen LogP contribution in [0.2, 0.25) is 0 Å². The average molecular weight is 498 g/mol. The van der Waals surface area contributed by atoms with E-state index in [1.165, 1.54) is 17.5 Å². The van der Waals surface area contributed by atoms with Crippen LogP contribution in [-0.4, -0.2) is 70.5 Å². The van der Waals surface area contributed by atoms with Crippen molar-refractivity contribution >= 4 is 17.5 Å². The number of hydrogen-bond acceptors (Lipinski definition) is 9. The lowest BCUT2D eigenvalue weighted by atomic mass is 9.84. The maximum absolute atomic E-state index is 14.7. The van der Waals surface area contributed by atoms with Crippen LogP contribution in [0.3, 0.4) is 0 Å². The second-order valence-corrected chi connectivity index (χ2v) is 10.2. The van der Waals surface area contributed by atoms with Crippen molar-refractivity contribution in [3.05, 3.63) is 46.3 Å². The smallest absolute Gasteiger partial charge is 0.368 e. The number of benzene rings is 1. The summed E-state index contributed by atoms with van der Waals surface area (Å²) in [6.45, 7) is 7.34. The van der Waals surface area contributed by atoms with Crippen molar-refractivity contribution in [2.45, 2.75) is 70.6 Å². The molecule has 2 aliphatic heterocycles. The van der Waals surface area contributed by atoms with Crippen molar-refractivity contribution < 1.29 is 9.50 Å². The summed E-state index contributed by atoms with van der Waals surface area (Å²) in [6.07, 6.45) is 5.41. The highest BCUT2D eigenvalue weighted by Gasteiger charge is 2.43. The Morgan fingerprint density at radius 2 is 2.11 bits per heavy atom. The molecule has 0 aliphatic carbocycles. The molecule has 0 spiro atoms. The first-order chi connectivity index (χ1) is 17.2. The van der Waals surface area contributed by atoms with Gasteiger partial charge in [0.15, 0.2) is 11.6 Å². The van der Waals surface area contributed by atoms with Crippen LogP contribution in [0, 0.1) is 12.7 Å². The number of piperidine rings is 1. The normalized spacial score (nSPS) is 21.4. The summed E-state index contributed by atoms with van der Waals surface area (Å²) in [5.41, 5.74) is 1.54. The summed E-state index contributed by atoms with van der Waals surface area (Å²) < 4.78 is 16.9. The Morgan fingerprint density at radius 1 is 1.28 bits per heavy atom. The third kappa shape index (κ3) is 4.70. The number of nitrogens with zero attached hydrogens (tertiary/aromatic N) is 7. The number of hydrogen-bond donors (Lipinski definition) is 3. The number of aliphatic hydroxyl groups excluding tert-OH is 1. The number of rotatable bonds is 7. The maximum Gasteiger partial charge on any atom is 0.368 e. The molecule has 2 fully saturated rings. The number of nitrogens with one attached hydrogen (secondary N) is 2. The van der Waals surface area contributed by atoms with E-state index in [1.54, 1.807) is 6.07 Å². The first-order valence-corrected chi connectivity index (χ1v) is 12.3. The van der Waals surface area contributed by atoms with Crippen LogP contribution >= 0.6 is 0 Å². The molecule has 0 bridgehead atoms. The molecule has 2 atom stereocenters. The van der Waals surface area contributed by atoms with Crippen LogP contribution in [-0.2, 0) is 6.54 Å². The van der Waals surface area contributed by atoms with Gasteiger partial charge in [0.2, 0.25) is 5.95 Å². The highest BCUT2D eigenvalue weighted by Crippen LogP contribution is 2.38. The second-order valence-electron chi connectivity index (χ2n) is 10.2. The van der Waals surface area contributed by atoms with Gasteiger partial charge < -0.3 is 15.7 Å². The van der Waals surface area contributed by atoms with Crippen molar-refractivity contribution in [1.82, 2.24) is 34.7 Å². The molecule has 4 heterocycles. The molecule has 2 unspecified atom stereocenters. The Labute approximate surface area is 208 Å². The third-order valence-electron chi connectivity index (χ3n) is 7.19. The number of halogens is 1. The van der Waals surface area contributed by atoms with Crippen molar-refractivity contribution in [1.29, 1.82) is 0 Å². The molecule has 0 saturated carbocycles. The standard InChI is InChI=1S/C24H32FN9O2/c1-15-6-7-16(12-20(15)34-23(36)33(9-10-35)30-31-34)28-22-26-14-19(25)21(29-22)27-17-11-18-5-4-8-32(18)24(2,3)13-17/h6-7,12,14,17-18,35H,4-5,8-11,13H2,1-3H3,(H2,26,27,28,29). The Kier molecular flexibility index (Phi) is 6.47. The predicted octanol–water partition coefficient (Wildman–Crippen LogP) is 2.22. The van der Waals surface area contributed by atoms with Gasteiger partial charge in [0.1, 0.15) is 0 Å². The van der Waals surface area contributed by atoms with Gasteiger partial charge in [-0.1, -0.05) is 6.07 Å². The lowest BCUT2D eigenvalue weighted by molar-refractivity contribution is 0.0500. The number of tetrazole rings is 1. The van der Waals surface area contributed by atoms with Gasteiger partial charge in [-0.15, -0.1) is 0 Å². The molecule has 12 heteroatoms. The number of aromatic nitrogens is 6. The fourth-order valence-corrected chi connectivity index (χ4v) is 5.55. The molecule has 11 nitrogen and oxygen atoms in total. The average Bonchev–Trinajstić information content (AvgIpc) is 3.45. The Morgan fingerprint density at radius 3 is 2.92 bits per heavy atom. The monoisotopic (exact) mass is 497 g/mol. The summed E-state index contributed by atoms with van der Waals surface area (Å²) in [5.74, 6) is -0.0818. The van der Waals surface area contributed by atoms with Gasteiger partial charge in [-0.25, -0.2) is 14.2 Å². The van der Waals surface area contributed by atoms with E-state index in [1.807, 2.05) is 19.1 Å². The van der Waals surface area contributed by atoms with Crippen molar-refractivity contribution in [3.8, 4) is 5.69 Å². The van der Waals surface area contributed by atoms with E-state index in [-0.39, 0.29) is 36.5 Å². The molecule has 3 N–H and O–H groups in total. The SMILES string of the molecule is Cc1ccc(Nc2ncc(F)c(NC3CC4CCCN4C(C)(C)C3)n2)cc1-n1nnn(CCO)c1=O. The summed E-state index contributed by atoms with van der Waals surface area (Å²) in [7, 11) is 0. The van der Waals surface area contributed by atoms with Gasteiger partial charge in [0.05, 0.1) is 25.0 Å². The van der Waals surface area contributed by atoms with E-state index in [9.17, 15) is 9.18 Å². The Bertz CT molecular complexity index is 1300. The first-order valence-electron chi connectivity index (χ1n) is 12.3. The molecule has 1 aromatic carbocycles. The van der Waals surface area contributed by atoms with E-state index in [4.69, 9.17) is 5.11 Å². The van der Waals surface area contributed by atoms with E-state index in [2.05, 4.69) is 49.8 Å². The molecular formula is C24H32FN9O2. The molecule has 36 heavy (non-hydrogen) atoms. The highest BCUT2D eigenvalue weighted by molar-refractivity contribution is 5.60. The zero-order valence-electron chi connectivity index (χ0n) is 20.8. The van der Waals surface area contributed by atoms with E-state index in [0.717, 1.165) is 35.8 Å². The molecule has 2 aliphatic rings. The van der Waals surface area contributed by atoms with Gasteiger partial charge >= 0.3 is 5.69 Å². The van der Waals surface area contributed by atoms with Gasteiger partial charge in [-0.2, -0.15) is 14.3 Å². The first kappa shape index (κ1) is 24.3. The summed E-state index contributed by atoms with van der Waals surface area (Å²) >= 11 is 0. The summed E-state index contributed by atoms with van der Waals surface area (Å²) in [6, 6.07) is 6.01. The Hall–Kier alpha value is -3.38. The van der Waals surface area contributed by atoms with Crippen LogP contribution in [0.15, 0.2) is 29.2 Å².